The number of fused-ring (bicyclic) bond motifs is 1. The van der Waals surface area contributed by atoms with Gasteiger partial charge in [-0.3, -0.25) is 4.79 Å². The smallest absolute Gasteiger partial charge is 0.240 e. The normalized spacial score (nSPS) is 17.5. The Hall–Kier alpha value is -2.71. The molecular formula is C22H24ClN5O2S. The number of thioether (sulfide) groups is 1. The van der Waals surface area contributed by atoms with Crippen LogP contribution in [0.4, 0.5) is 5.69 Å². The molecule has 0 radical (unpaired) electrons. The molecule has 2 aromatic carbocycles. The summed E-state index contributed by atoms with van der Waals surface area (Å²) in [6, 6.07) is 13.0. The SMILES string of the molecule is CCOc1ccc([C@@H]2Nn3c(CC)nnc3S[C@@H]2C(=O)Nc2ccc(C)c(Cl)c2)cc1. The number of nitrogens with zero attached hydrogens (tertiary/aromatic N) is 3. The number of aryl methyl sites for hydroxylation is 2. The van der Waals surface area contributed by atoms with Gasteiger partial charge >= 0.3 is 0 Å². The number of halogens is 1. The molecule has 1 aromatic heterocycles. The van der Waals surface area contributed by atoms with E-state index in [1.165, 1.54) is 11.8 Å². The number of rotatable bonds is 6. The largest absolute Gasteiger partial charge is 0.494 e. The molecule has 0 aliphatic carbocycles. The van der Waals surface area contributed by atoms with Gasteiger partial charge in [-0.2, -0.15) is 0 Å². The summed E-state index contributed by atoms with van der Waals surface area (Å²) >= 11 is 7.63. The molecule has 2 N–H and O–H groups in total. The second-order valence-corrected chi connectivity index (χ2v) is 8.70. The van der Waals surface area contributed by atoms with Crippen LogP contribution in [0.25, 0.3) is 0 Å². The fourth-order valence-corrected chi connectivity index (χ4v) is 4.68. The minimum atomic E-state index is -0.459. The van der Waals surface area contributed by atoms with E-state index >= 15 is 0 Å². The predicted octanol–water partition coefficient (Wildman–Crippen LogP) is 4.60. The lowest BCUT2D eigenvalue weighted by molar-refractivity contribution is -0.116. The van der Waals surface area contributed by atoms with E-state index in [0.29, 0.717) is 22.5 Å². The first-order valence-corrected chi connectivity index (χ1v) is 11.4. The van der Waals surface area contributed by atoms with E-state index in [1.807, 2.05) is 61.8 Å². The summed E-state index contributed by atoms with van der Waals surface area (Å²) in [7, 11) is 0. The Bertz CT molecular complexity index is 1090. The van der Waals surface area contributed by atoms with E-state index in [2.05, 4.69) is 20.9 Å². The van der Waals surface area contributed by atoms with E-state index in [-0.39, 0.29) is 11.9 Å². The first kappa shape index (κ1) is 21.5. The summed E-state index contributed by atoms with van der Waals surface area (Å²) in [5.74, 6) is 1.48. The van der Waals surface area contributed by atoms with E-state index in [4.69, 9.17) is 16.3 Å². The van der Waals surface area contributed by atoms with Crippen molar-refractivity contribution in [1.29, 1.82) is 0 Å². The molecule has 0 spiro atoms. The highest BCUT2D eigenvalue weighted by Gasteiger charge is 2.37. The highest BCUT2D eigenvalue weighted by molar-refractivity contribution is 8.00. The molecule has 0 unspecified atom stereocenters. The standard InChI is InChI=1S/C22H24ClN5O2S/c1-4-18-25-26-22-28(18)27-19(14-7-10-16(11-8-14)30-5-2)20(31-22)21(29)24-15-9-6-13(3)17(23)12-15/h6-12,19-20,27H,4-5H2,1-3H3,(H,24,29)/t19-,20-/m0/s1. The van der Waals surface area contributed by atoms with Gasteiger partial charge in [0.25, 0.3) is 0 Å². The van der Waals surface area contributed by atoms with E-state index in [9.17, 15) is 4.79 Å². The summed E-state index contributed by atoms with van der Waals surface area (Å²) in [6.07, 6.45) is 0.731. The molecule has 0 bridgehead atoms. The van der Waals surface area contributed by atoms with Gasteiger partial charge in [0.2, 0.25) is 11.1 Å². The number of aromatic nitrogens is 3. The van der Waals surface area contributed by atoms with Gasteiger partial charge in [0.15, 0.2) is 5.82 Å². The van der Waals surface area contributed by atoms with Crippen molar-refractivity contribution < 1.29 is 9.53 Å². The third-order valence-electron chi connectivity index (χ3n) is 5.07. The van der Waals surface area contributed by atoms with Crippen molar-refractivity contribution in [1.82, 2.24) is 14.9 Å². The van der Waals surface area contributed by atoms with Crippen LogP contribution in [0.2, 0.25) is 5.02 Å². The third kappa shape index (κ3) is 4.50. The molecule has 0 saturated carbocycles. The van der Waals surface area contributed by atoms with Gasteiger partial charge in [0, 0.05) is 17.1 Å². The van der Waals surface area contributed by atoms with Crippen molar-refractivity contribution in [3.05, 3.63) is 64.4 Å². The number of ether oxygens (including phenoxy) is 1. The number of hydrogen-bond donors (Lipinski definition) is 2. The Morgan fingerprint density at radius 3 is 2.68 bits per heavy atom. The Morgan fingerprint density at radius 2 is 2.00 bits per heavy atom. The third-order valence-corrected chi connectivity index (χ3v) is 6.69. The molecule has 1 amide bonds. The van der Waals surface area contributed by atoms with Crippen molar-refractivity contribution in [3.63, 3.8) is 0 Å². The van der Waals surface area contributed by atoms with Gasteiger partial charge < -0.3 is 15.5 Å². The van der Waals surface area contributed by atoms with Crippen molar-refractivity contribution in [2.24, 2.45) is 0 Å². The Labute approximate surface area is 190 Å². The average Bonchev–Trinajstić information content (AvgIpc) is 3.18. The van der Waals surface area contributed by atoms with Gasteiger partial charge in [-0.1, -0.05) is 48.5 Å². The molecule has 0 fully saturated rings. The van der Waals surface area contributed by atoms with Gasteiger partial charge in [-0.15, -0.1) is 10.2 Å². The number of benzene rings is 2. The quantitative estimate of drug-likeness (QED) is 0.563. The molecule has 162 valence electrons. The average molecular weight is 458 g/mol. The first-order valence-electron chi connectivity index (χ1n) is 10.2. The van der Waals surface area contributed by atoms with Crippen molar-refractivity contribution in [2.45, 2.75) is 43.6 Å². The zero-order valence-corrected chi connectivity index (χ0v) is 19.1. The summed E-state index contributed by atoms with van der Waals surface area (Å²) in [5, 5.41) is 12.3. The van der Waals surface area contributed by atoms with Crippen LogP contribution in [0.15, 0.2) is 47.6 Å². The topological polar surface area (TPSA) is 81.1 Å². The lowest BCUT2D eigenvalue weighted by Crippen LogP contribution is -2.41. The van der Waals surface area contributed by atoms with Crippen LogP contribution in [0.1, 0.15) is 36.8 Å². The molecule has 1 aliphatic heterocycles. The summed E-state index contributed by atoms with van der Waals surface area (Å²) in [5.41, 5.74) is 6.04. The number of anilines is 1. The predicted molar refractivity (Wildman–Crippen MR) is 124 cm³/mol. The summed E-state index contributed by atoms with van der Waals surface area (Å²) in [4.78, 5) is 13.3. The molecule has 3 aromatic rings. The summed E-state index contributed by atoms with van der Waals surface area (Å²) < 4.78 is 7.43. The van der Waals surface area contributed by atoms with E-state index in [1.54, 1.807) is 6.07 Å². The van der Waals surface area contributed by atoms with E-state index in [0.717, 1.165) is 29.1 Å². The maximum absolute atomic E-state index is 13.3. The van der Waals surface area contributed by atoms with Crippen LogP contribution in [-0.2, 0) is 11.2 Å². The number of hydrogen-bond acceptors (Lipinski definition) is 6. The first-order chi connectivity index (χ1) is 15.0. The minimum Gasteiger partial charge on any atom is -0.494 e. The maximum atomic E-state index is 13.3. The second kappa shape index (κ2) is 9.20. The molecular weight excluding hydrogens is 434 g/mol. The number of carbonyl (C=O) groups is 1. The van der Waals surface area contributed by atoms with Crippen molar-refractivity contribution in [2.75, 3.05) is 17.3 Å². The lowest BCUT2D eigenvalue weighted by atomic mass is 10.0. The molecule has 1 aliphatic rings. The van der Waals surface area contributed by atoms with Gasteiger partial charge in [-0.25, -0.2) is 4.68 Å². The fraction of sp³-hybridized carbons (Fsp3) is 0.318. The zero-order chi connectivity index (χ0) is 22.0. The molecule has 2 heterocycles. The monoisotopic (exact) mass is 457 g/mol. The molecule has 7 nitrogen and oxygen atoms in total. The molecule has 0 saturated heterocycles. The lowest BCUT2D eigenvalue weighted by Gasteiger charge is -2.33. The van der Waals surface area contributed by atoms with Crippen LogP contribution in [0, 0.1) is 6.92 Å². The zero-order valence-electron chi connectivity index (χ0n) is 17.6. The molecule has 2 atom stereocenters. The highest BCUT2D eigenvalue weighted by atomic mass is 35.5. The fourth-order valence-electron chi connectivity index (χ4n) is 3.40. The maximum Gasteiger partial charge on any atom is 0.240 e. The Kier molecular flexibility index (Phi) is 6.38. The van der Waals surface area contributed by atoms with Gasteiger partial charge in [0.05, 0.1) is 12.6 Å². The number of carbonyl (C=O) groups excluding carboxylic acids is 1. The molecule has 31 heavy (non-hydrogen) atoms. The molecule has 9 heteroatoms. The second-order valence-electron chi connectivity index (χ2n) is 7.19. The van der Waals surface area contributed by atoms with Crippen LogP contribution < -0.4 is 15.5 Å². The van der Waals surface area contributed by atoms with Crippen LogP contribution in [0.3, 0.4) is 0 Å². The van der Waals surface area contributed by atoms with Crippen LogP contribution >= 0.6 is 23.4 Å². The van der Waals surface area contributed by atoms with Crippen molar-refractivity contribution in [3.8, 4) is 5.75 Å². The molecule has 4 rings (SSSR count). The highest BCUT2D eigenvalue weighted by Crippen LogP contribution is 2.38. The van der Waals surface area contributed by atoms with Crippen LogP contribution in [0.5, 0.6) is 5.75 Å². The Balaban J connectivity index is 1.64. The van der Waals surface area contributed by atoms with Gasteiger partial charge in [0.1, 0.15) is 11.0 Å². The number of nitrogens with one attached hydrogen (secondary N) is 2. The van der Waals surface area contributed by atoms with Crippen LogP contribution in [-0.4, -0.2) is 32.6 Å². The number of amides is 1. The Morgan fingerprint density at radius 1 is 1.23 bits per heavy atom. The van der Waals surface area contributed by atoms with Crippen molar-refractivity contribution >= 4 is 35.0 Å². The minimum absolute atomic E-state index is 0.136. The van der Waals surface area contributed by atoms with Gasteiger partial charge in [-0.05, 0) is 49.2 Å². The van der Waals surface area contributed by atoms with E-state index < -0.39 is 5.25 Å². The summed E-state index contributed by atoms with van der Waals surface area (Å²) in [6.45, 7) is 6.50.